The minimum atomic E-state index is -0.168. The van der Waals surface area contributed by atoms with Gasteiger partial charge in [-0.15, -0.1) is 11.3 Å². The van der Waals surface area contributed by atoms with Gasteiger partial charge >= 0.3 is 0 Å². The Labute approximate surface area is 168 Å². The summed E-state index contributed by atoms with van der Waals surface area (Å²) in [4.78, 5) is 16.2. The van der Waals surface area contributed by atoms with Crippen molar-refractivity contribution in [3.63, 3.8) is 0 Å². The second-order valence-corrected chi connectivity index (χ2v) is 7.80. The fourth-order valence-electron chi connectivity index (χ4n) is 3.71. The van der Waals surface area contributed by atoms with Gasteiger partial charge < -0.3 is 10.1 Å². The highest BCUT2D eigenvalue weighted by atomic mass is 32.1. The van der Waals surface area contributed by atoms with Gasteiger partial charge in [-0.1, -0.05) is 24.3 Å². The number of hydrogen-bond donors (Lipinski definition) is 2. The zero-order valence-electron chi connectivity index (χ0n) is 15.9. The molecule has 3 heterocycles. The van der Waals surface area contributed by atoms with E-state index in [1.807, 2.05) is 35.7 Å². The summed E-state index contributed by atoms with van der Waals surface area (Å²) >= 11 is 1.61. The van der Waals surface area contributed by atoms with Gasteiger partial charge in [0, 0.05) is 12.1 Å². The molecule has 1 aliphatic heterocycles. The molecular formula is C21H24N4O2S. The first kappa shape index (κ1) is 18.7. The predicted octanol–water partition coefficient (Wildman–Crippen LogP) is 3.71. The Bertz CT molecular complexity index is 916. The smallest absolute Gasteiger partial charge is 0.271 e. The Morgan fingerprint density at radius 1 is 1.29 bits per heavy atom. The fraction of sp³-hybridized carbons (Fsp3) is 0.333. The lowest BCUT2D eigenvalue weighted by molar-refractivity contribution is 0.0932. The molecule has 2 N–H and O–H groups in total. The quantitative estimate of drug-likeness (QED) is 0.639. The molecule has 1 saturated heterocycles. The van der Waals surface area contributed by atoms with Crippen molar-refractivity contribution >= 4 is 17.2 Å². The first-order chi connectivity index (χ1) is 13.8. The Morgan fingerprint density at radius 2 is 2.11 bits per heavy atom. The van der Waals surface area contributed by atoms with Gasteiger partial charge in [-0.2, -0.15) is 5.10 Å². The summed E-state index contributed by atoms with van der Waals surface area (Å²) in [5, 5.41) is 12.2. The molecular weight excluding hydrogens is 372 g/mol. The van der Waals surface area contributed by atoms with E-state index in [0.717, 1.165) is 35.0 Å². The standard InChI is InChI=1S/C21H24N4O2S/c1-27-19-8-3-2-7-15(19)18(25-10-4-5-11-25)14-22-21(26)17-13-16(23-24-17)20-9-6-12-28-20/h2-3,6-9,12-13,18H,4-5,10-11,14H2,1H3,(H,22,26)(H,23,24). The Morgan fingerprint density at radius 3 is 2.86 bits per heavy atom. The maximum atomic E-state index is 12.7. The van der Waals surface area contributed by atoms with Gasteiger partial charge in [-0.25, -0.2) is 0 Å². The van der Waals surface area contributed by atoms with E-state index in [1.165, 1.54) is 12.8 Å². The van der Waals surface area contributed by atoms with Crippen molar-refractivity contribution in [2.45, 2.75) is 18.9 Å². The first-order valence-electron chi connectivity index (χ1n) is 9.50. The van der Waals surface area contributed by atoms with Crippen molar-refractivity contribution in [2.24, 2.45) is 0 Å². The van der Waals surface area contributed by atoms with Gasteiger partial charge in [0.1, 0.15) is 5.75 Å². The van der Waals surface area contributed by atoms with E-state index in [-0.39, 0.29) is 11.9 Å². The fourth-order valence-corrected chi connectivity index (χ4v) is 4.40. The van der Waals surface area contributed by atoms with Crippen LogP contribution in [0.1, 0.15) is 34.9 Å². The monoisotopic (exact) mass is 396 g/mol. The third-order valence-electron chi connectivity index (χ3n) is 5.13. The number of nitrogens with one attached hydrogen (secondary N) is 2. The number of aromatic amines is 1. The maximum Gasteiger partial charge on any atom is 0.271 e. The number of thiophene rings is 1. The second-order valence-electron chi connectivity index (χ2n) is 6.86. The summed E-state index contributed by atoms with van der Waals surface area (Å²) in [7, 11) is 1.69. The van der Waals surface area contributed by atoms with Crippen LogP contribution in [-0.4, -0.2) is 47.7 Å². The lowest BCUT2D eigenvalue weighted by Crippen LogP contribution is -2.37. The van der Waals surface area contributed by atoms with Gasteiger partial charge in [-0.05, 0) is 49.5 Å². The number of nitrogens with zero attached hydrogens (tertiary/aromatic N) is 2. The summed E-state index contributed by atoms with van der Waals surface area (Å²) in [6.07, 6.45) is 2.37. The molecule has 7 heteroatoms. The topological polar surface area (TPSA) is 70.2 Å². The summed E-state index contributed by atoms with van der Waals surface area (Å²) in [6, 6.07) is 13.9. The van der Waals surface area contributed by atoms with Gasteiger partial charge in [-0.3, -0.25) is 14.8 Å². The SMILES string of the molecule is COc1ccccc1C(CNC(=O)c1cc(-c2cccs2)[nH]n1)N1CCCC1. The van der Waals surface area contributed by atoms with Crippen molar-refractivity contribution in [3.05, 3.63) is 59.1 Å². The minimum Gasteiger partial charge on any atom is -0.496 e. The molecule has 4 rings (SSSR count). The molecule has 0 bridgehead atoms. The molecule has 0 spiro atoms. The molecule has 146 valence electrons. The van der Waals surface area contributed by atoms with Gasteiger partial charge in [0.25, 0.3) is 5.91 Å². The van der Waals surface area contributed by atoms with E-state index in [4.69, 9.17) is 4.74 Å². The number of para-hydroxylation sites is 1. The van der Waals surface area contributed by atoms with E-state index in [1.54, 1.807) is 24.5 Å². The third-order valence-corrected chi connectivity index (χ3v) is 6.04. The average Bonchev–Trinajstić information content (AvgIpc) is 3.50. The number of methoxy groups -OCH3 is 1. The summed E-state index contributed by atoms with van der Waals surface area (Å²) in [6.45, 7) is 2.58. The van der Waals surface area contributed by atoms with Crippen LogP contribution in [0.15, 0.2) is 47.8 Å². The van der Waals surface area contributed by atoms with Crippen LogP contribution in [0.4, 0.5) is 0 Å². The molecule has 28 heavy (non-hydrogen) atoms. The Kier molecular flexibility index (Phi) is 5.73. The minimum absolute atomic E-state index is 0.0818. The van der Waals surface area contributed by atoms with Crippen molar-refractivity contribution in [1.29, 1.82) is 0 Å². The van der Waals surface area contributed by atoms with Crippen LogP contribution in [-0.2, 0) is 0 Å². The van der Waals surface area contributed by atoms with Crippen molar-refractivity contribution in [3.8, 4) is 16.3 Å². The number of H-pyrrole nitrogens is 1. The normalized spacial score (nSPS) is 15.5. The van der Waals surface area contributed by atoms with E-state index < -0.39 is 0 Å². The number of carbonyl (C=O) groups is 1. The summed E-state index contributed by atoms with van der Waals surface area (Å²) < 4.78 is 5.57. The number of benzene rings is 1. The molecule has 0 radical (unpaired) electrons. The van der Waals surface area contributed by atoms with Gasteiger partial charge in [0.2, 0.25) is 0 Å². The number of ether oxygens (including phenoxy) is 1. The van der Waals surface area contributed by atoms with Crippen LogP contribution >= 0.6 is 11.3 Å². The summed E-state index contributed by atoms with van der Waals surface area (Å²) in [5.41, 5.74) is 2.37. The van der Waals surface area contributed by atoms with Crippen LogP contribution in [0.3, 0.4) is 0 Å². The second kappa shape index (κ2) is 8.58. The number of hydrogen-bond acceptors (Lipinski definition) is 5. The number of amides is 1. The van der Waals surface area contributed by atoms with E-state index in [2.05, 4.69) is 26.5 Å². The van der Waals surface area contributed by atoms with Gasteiger partial charge in [0.15, 0.2) is 5.69 Å². The molecule has 1 aromatic carbocycles. The van der Waals surface area contributed by atoms with Crippen LogP contribution in [0.2, 0.25) is 0 Å². The van der Waals surface area contributed by atoms with Crippen molar-refractivity contribution in [2.75, 3.05) is 26.7 Å². The van der Waals surface area contributed by atoms with E-state index >= 15 is 0 Å². The van der Waals surface area contributed by atoms with Crippen LogP contribution < -0.4 is 10.1 Å². The zero-order chi connectivity index (χ0) is 19.3. The zero-order valence-corrected chi connectivity index (χ0v) is 16.7. The molecule has 6 nitrogen and oxygen atoms in total. The number of rotatable bonds is 7. The van der Waals surface area contributed by atoms with Crippen LogP contribution in [0.5, 0.6) is 5.75 Å². The highest BCUT2D eigenvalue weighted by Crippen LogP contribution is 2.31. The molecule has 0 aliphatic carbocycles. The molecule has 1 atom stereocenters. The molecule has 1 unspecified atom stereocenters. The van der Waals surface area contributed by atoms with Crippen molar-refractivity contribution in [1.82, 2.24) is 20.4 Å². The number of likely N-dealkylation sites (tertiary alicyclic amines) is 1. The molecule has 1 amide bonds. The highest BCUT2D eigenvalue weighted by molar-refractivity contribution is 7.13. The molecule has 1 fully saturated rings. The lowest BCUT2D eigenvalue weighted by Gasteiger charge is -2.29. The first-order valence-corrected chi connectivity index (χ1v) is 10.4. The van der Waals surface area contributed by atoms with E-state index in [0.29, 0.717) is 12.2 Å². The highest BCUT2D eigenvalue weighted by Gasteiger charge is 2.26. The molecule has 1 aliphatic rings. The summed E-state index contributed by atoms with van der Waals surface area (Å²) in [5.74, 6) is 0.687. The van der Waals surface area contributed by atoms with Crippen LogP contribution in [0, 0.1) is 0 Å². The van der Waals surface area contributed by atoms with E-state index in [9.17, 15) is 4.79 Å². The Balaban J connectivity index is 1.49. The number of aromatic nitrogens is 2. The average molecular weight is 397 g/mol. The third kappa shape index (κ3) is 3.95. The van der Waals surface area contributed by atoms with Gasteiger partial charge in [0.05, 0.1) is 23.7 Å². The predicted molar refractivity (Wildman–Crippen MR) is 111 cm³/mol. The molecule has 3 aromatic rings. The largest absolute Gasteiger partial charge is 0.496 e. The Hall–Kier alpha value is -2.64. The van der Waals surface area contributed by atoms with Crippen molar-refractivity contribution < 1.29 is 9.53 Å². The maximum absolute atomic E-state index is 12.7. The lowest BCUT2D eigenvalue weighted by atomic mass is 10.0. The van der Waals surface area contributed by atoms with Crippen LogP contribution in [0.25, 0.3) is 10.6 Å². The molecule has 2 aromatic heterocycles. The molecule has 0 saturated carbocycles. The number of carbonyl (C=O) groups excluding carboxylic acids is 1.